The molecule has 1 N–H and O–H groups in total. The summed E-state index contributed by atoms with van der Waals surface area (Å²) in [6.45, 7) is 2.82. The average molecular weight is 288 g/mol. The third kappa shape index (κ3) is 2.17. The minimum atomic E-state index is -1.08. The van der Waals surface area contributed by atoms with Gasteiger partial charge in [-0.15, -0.1) is 0 Å². The summed E-state index contributed by atoms with van der Waals surface area (Å²) in [4.78, 5) is 27.7. The summed E-state index contributed by atoms with van der Waals surface area (Å²) < 4.78 is 0. The second-order valence-electron chi connectivity index (χ2n) is 6.00. The smallest absolute Gasteiger partial charge is 0.329 e. The van der Waals surface area contributed by atoms with Gasteiger partial charge >= 0.3 is 12.0 Å². The highest BCUT2D eigenvalue weighted by atomic mass is 16.4. The van der Waals surface area contributed by atoms with Crippen molar-refractivity contribution in [2.75, 3.05) is 18.0 Å². The van der Waals surface area contributed by atoms with Crippen LogP contribution in [0.3, 0.4) is 0 Å². The number of rotatable bonds is 1. The number of fused-ring (bicyclic) bond motifs is 1. The predicted molar refractivity (Wildman–Crippen MR) is 79.5 cm³/mol. The molecule has 0 aromatic heterocycles. The third-order valence-corrected chi connectivity index (χ3v) is 4.67. The molecule has 0 bridgehead atoms. The Hall–Kier alpha value is -2.04. The van der Waals surface area contributed by atoms with Crippen LogP contribution in [0.25, 0.3) is 0 Å². The van der Waals surface area contributed by atoms with E-state index in [1.165, 1.54) is 4.90 Å². The summed E-state index contributed by atoms with van der Waals surface area (Å²) in [6.07, 6.45) is 3.14. The number of aryl methyl sites for hydroxylation is 1. The number of carbonyl (C=O) groups is 2. The summed E-state index contributed by atoms with van der Waals surface area (Å²) in [6, 6.07) is 7.70. The summed E-state index contributed by atoms with van der Waals surface area (Å²) in [7, 11) is 0. The van der Waals surface area contributed by atoms with E-state index in [2.05, 4.69) is 0 Å². The first kappa shape index (κ1) is 13.9. The zero-order chi connectivity index (χ0) is 15.0. The molecule has 5 nitrogen and oxygen atoms in total. The Morgan fingerprint density at radius 2 is 1.95 bits per heavy atom. The van der Waals surface area contributed by atoms with Gasteiger partial charge < -0.3 is 10.0 Å². The fourth-order valence-corrected chi connectivity index (χ4v) is 3.37. The van der Waals surface area contributed by atoms with E-state index in [1.807, 2.05) is 24.3 Å². The SMILES string of the molecule is CC1(C(=O)O)CCCN1C(=O)N1CCCc2ccccc21. The lowest BCUT2D eigenvalue weighted by Gasteiger charge is -2.38. The quantitative estimate of drug-likeness (QED) is 0.863. The van der Waals surface area contributed by atoms with Crippen molar-refractivity contribution in [2.24, 2.45) is 0 Å². The number of carboxylic acid groups (broad SMARTS) is 1. The summed E-state index contributed by atoms with van der Waals surface area (Å²) in [5.74, 6) is -0.918. The Bertz CT molecular complexity index is 587. The molecule has 0 aliphatic carbocycles. The van der Waals surface area contributed by atoms with Crippen LogP contribution in [0, 0.1) is 0 Å². The van der Waals surface area contributed by atoms with Crippen molar-refractivity contribution in [3.8, 4) is 0 Å². The standard InChI is InChI=1S/C16H20N2O3/c1-16(14(19)20)9-5-11-18(16)15(21)17-10-4-7-12-6-2-3-8-13(12)17/h2-3,6,8H,4-5,7,9-11H2,1H3,(H,19,20). The Kier molecular flexibility index (Phi) is 3.35. The van der Waals surface area contributed by atoms with Crippen molar-refractivity contribution in [2.45, 2.75) is 38.1 Å². The van der Waals surface area contributed by atoms with Gasteiger partial charge in [0.25, 0.3) is 0 Å². The highest BCUT2D eigenvalue weighted by Gasteiger charge is 2.47. The maximum atomic E-state index is 12.9. The van der Waals surface area contributed by atoms with Gasteiger partial charge in [-0.25, -0.2) is 9.59 Å². The van der Waals surface area contributed by atoms with E-state index in [-0.39, 0.29) is 6.03 Å². The van der Waals surface area contributed by atoms with Gasteiger partial charge in [0.2, 0.25) is 0 Å². The van der Waals surface area contributed by atoms with E-state index >= 15 is 0 Å². The number of anilines is 1. The molecule has 21 heavy (non-hydrogen) atoms. The van der Waals surface area contributed by atoms with Crippen LogP contribution in [-0.4, -0.2) is 40.6 Å². The molecule has 1 atom stereocenters. The number of hydrogen-bond donors (Lipinski definition) is 1. The number of aliphatic carboxylic acids is 1. The van der Waals surface area contributed by atoms with Crippen LogP contribution in [0.1, 0.15) is 31.7 Å². The fraction of sp³-hybridized carbons (Fsp3) is 0.500. The minimum absolute atomic E-state index is 0.176. The van der Waals surface area contributed by atoms with Crippen molar-refractivity contribution in [3.63, 3.8) is 0 Å². The molecule has 2 aliphatic rings. The first-order chi connectivity index (χ1) is 10.0. The minimum Gasteiger partial charge on any atom is -0.480 e. The molecule has 1 aromatic carbocycles. The van der Waals surface area contributed by atoms with Crippen LogP contribution in [0.4, 0.5) is 10.5 Å². The van der Waals surface area contributed by atoms with Crippen molar-refractivity contribution in [1.82, 2.24) is 4.90 Å². The summed E-state index contributed by atoms with van der Waals surface area (Å²) >= 11 is 0. The van der Waals surface area contributed by atoms with Crippen LogP contribution in [0.2, 0.25) is 0 Å². The monoisotopic (exact) mass is 288 g/mol. The van der Waals surface area contributed by atoms with E-state index in [4.69, 9.17) is 0 Å². The summed E-state index contributed by atoms with van der Waals surface area (Å²) in [5.41, 5.74) is 1.01. The predicted octanol–water partition coefficient (Wildman–Crippen LogP) is 2.50. The molecule has 112 valence electrons. The molecule has 1 unspecified atom stereocenters. The highest BCUT2D eigenvalue weighted by Crippen LogP contribution is 2.34. The van der Waals surface area contributed by atoms with Crippen LogP contribution in [0.5, 0.6) is 0 Å². The number of benzene rings is 1. The van der Waals surface area contributed by atoms with Gasteiger partial charge in [0.05, 0.1) is 0 Å². The molecule has 2 aliphatic heterocycles. The molecule has 1 fully saturated rings. The van der Waals surface area contributed by atoms with Crippen molar-refractivity contribution < 1.29 is 14.7 Å². The molecule has 5 heteroatoms. The Morgan fingerprint density at radius 1 is 1.19 bits per heavy atom. The first-order valence-corrected chi connectivity index (χ1v) is 7.44. The molecule has 2 amide bonds. The maximum Gasteiger partial charge on any atom is 0.329 e. The van der Waals surface area contributed by atoms with Crippen molar-refractivity contribution >= 4 is 17.7 Å². The largest absolute Gasteiger partial charge is 0.480 e. The van der Waals surface area contributed by atoms with Gasteiger partial charge in [0.1, 0.15) is 5.54 Å². The molecular weight excluding hydrogens is 268 g/mol. The Morgan fingerprint density at radius 3 is 2.71 bits per heavy atom. The van der Waals surface area contributed by atoms with E-state index in [0.717, 1.165) is 30.5 Å². The van der Waals surface area contributed by atoms with Crippen LogP contribution >= 0.6 is 0 Å². The number of carboxylic acids is 1. The summed E-state index contributed by atoms with van der Waals surface area (Å²) in [5, 5.41) is 9.47. The maximum absolute atomic E-state index is 12.9. The number of nitrogens with zero attached hydrogens (tertiary/aromatic N) is 2. The third-order valence-electron chi connectivity index (χ3n) is 4.67. The first-order valence-electron chi connectivity index (χ1n) is 7.44. The van der Waals surface area contributed by atoms with Crippen molar-refractivity contribution in [3.05, 3.63) is 29.8 Å². The van der Waals surface area contributed by atoms with Gasteiger partial charge in [-0.05, 0) is 44.2 Å². The molecule has 1 aromatic rings. The van der Waals surface area contributed by atoms with Crippen LogP contribution in [0.15, 0.2) is 24.3 Å². The van der Waals surface area contributed by atoms with Gasteiger partial charge in [-0.2, -0.15) is 0 Å². The van der Waals surface area contributed by atoms with Crippen LogP contribution < -0.4 is 4.90 Å². The van der Waals surface area contributed by atoms with Crippen LogP contribution in [-0.2, 0) is 11.2 Å². The fourth-order valence-electron chi connectivity index (χ4n) is 3.37. The Balaban J connectivity index is 1.92. The molecule has 0 saturated carbocycles. The molecule has 0 radical (unpaired) electrons. The number of urea groups is 1. The number of carbonyl (C=O) groups excluding carboxylic acids is 1. The van der Waals surface area contributed by atoms with Crippen molar-refractivity contribution in [1.29, 1.82) is 0 Å². The average Bonchev–Trinajstić information content (AvgIpc) is 2.89. The second-order valence-corrected chi connectivity index (χ2v) is 6.00. The van der Waals surface area contributed by atoms with Gasteiger partial charge in [-0.1, -0.05) is 18.2 Å². The second kappa shape index (κ2) is 5.06. The Labute approximate surface area is 124 Å². The van der Waals surface area contributed by atoms with E-state index in [9.17, 15) is 14.7 Å². The number of para-hydroxylation sites is 1. The molecule has 2 heterocycles. The van der Waals surface area contributed by atoms with E-state index in [0.29, 0.717) is 19.5 Å². The van der Waals surface area contributed by atoms with Gasteiger partial charge in [-0.3, -0.25) is 4.90 Å². The normalized spacial score (nSPS) is 24.8. The molecule has 1 saturated heterocycles. The zero-order valence-corrected chi connectivity index (χ0v) is 12.2. The zero-order valence-electron chi connectivity index (χ0n) is 12.2. The number of amides is 2. The lowest BCUT2D eigenvalue weighted by molar-refractivity contribution is -0.147. The topological polar surface area (TPSA) is 60.9 Å². The molecule has 0 spiro atoms. The van der Waals surface area contributed by atoms with E-state index in [1.54, 1.807) is 11.8 Å². The van der Waals surface area contributed by atoms with Gasteiger partial charge in [0.15, 0.2) is 0 Å². The lowest BCUT2D eigenvalue weighted by Crippen LogP contribution is -2.56. The van der Waals surface area contributed by atoms with E-state index < -0.39 is 11.5 Å². The molecule has 3 rings (SSSR count). The highest BCUT2D eigenvalue weighted by molar-refractivity contribution is 5.97. The van der Waals surface area contributed by atoms with Gasteiger partial charge in [0, 0.05) is 18.8 Å². The number of likely N-dealkylation sites (tertiary alicyclic amines) is 1. The number of hydrogen-bond acceptors (Lipinski definition) is 2. The molecular formula is C16H20N2O3. The lowest BCUT2D eigenvalue weighted by atomic mass is 9.99.